The lowest BCUT2D eigenvalue weighted by molar-refractivity contribution is -0.127. The van der Waals surface area contributed by atoms with Crippen LogP contribution in [0, 0.1) is 0 Å². The standard InChI is InChI=1S/C17H26N4O3/c1-12(19-17(23)15(18)11-24-2)16(22)20-13-6-5-7-14(10-13)21-8-3-4-9-21/h5-7,10,12,15H,3-4,8-9,11,18H2,1-2H3,(H,19,23)(H,20,22). The molecule has 1 aromatic carbocycles. The van der Waals surface area contributed by atoms with Crippen LogP contribution in [-0.2, 0) is 14.3 Å². The number of nitrogens with zero attached hydrogens (tertiary/aromatic N) is 1. The number of ether oxygens (including phenoxy) is 1. The third-order valence-electron chi connectivity index (χ3n) is 4.02. The molecule has 0 radical (unpaired) electrons. The largest absolute Gasteiger partial charge is 0.383 e. The Morgan fingerprint density at radius 3 is 2.67 bits per heavy atom. The van der Waals surface area contributed by atoms with Crippen molar-refractivity contribution in [1.29, 1.82) is 0 Å². The summed E-state index contributed by atoms with van der Waals surface area (Å²) in [5.74, 6) is -0.697. The van der Waals surface area contributed by atoms with E-state index in [9.17, 15) is 9.59 Å². The zero-order valence-electron chi connectivity index (χ0n) is 14.2. The molecule has 132 valence electrons. The van der Waals surface area contributed by atoms with Crippen molar-refractivity contribution in [3.63, 3.8) is 0 Å². The Morgan fingerprint density at radius 2 is 2.00 bits per heavy atom. The fourth-order valence-corrected chi connectivity index (χ4v) is 2.65. The van der Waals surface area contributed by atoms with Gasteiger partial charge in [0.25, 0.3) is 0 Å². The summed E-state index contributed by atoms with van der Waals surface area (Å²) in [6.07, 6.45) is 2.39. The molecule has 0 spiro atoms. The van der Waals surface area contributed by atoms with Gasteiger partial charge in [0.2, 0.25) is 11.8 Å². The minimum Gasteiger partial charge on any atom is -0.383 e. The van der Waals surface area contributed by atoms with Crippen LogP contribution < -0.4 is 21.3 Å². The highest BCUT2D eigenvalue weighted by atomic mass is 16.5. The first kappa shape index (κ1) is 18.2. The molecule has 1 aliphatic heterocycles. The highest BCUT2D eigenvalue weighted by molar-refractivity contribution is 5.97. The minimum atomic E-state index is -0.788. The van der Waals surface area contributed by atoms with Gasteiger partial charge in [-0.2, -0.15) is 0 Å². The van der Waals surface area contributed by atoms with Gasteiger partial charge in [0.05, 0.1) is 6.61 Å². The van der Waals surface area contributed by atoms with Gasteiger partial charge < -0.3 is 26.0 Å². The monoisotopic (exact) mass is 334 g/mol. The van der Waals surface area contributed by atoms with Gasteiger partial charge in [-0.15, -0.1) is 0 Å². The second-order valence-electron chi connectivity index (χ2n) is 6.03. The molecule has 2 rings (SSSR count). The lowest BCUT2D eigenvalue weighted by atomic mass is 10.2. The lowest BCUT2D eigenvalue weighted by Crippen LogP contribution is -2.50. The summed E-state index contributed by atoms with van der Waals surface area (Å²) >= 11 is 0. The van der Waals surface area contributed by atoms with Gasteiger partial charge in [-0.3, -0.25) is 9.59 Å². The highest BCUT2D eigenvalue weighted by Crippen LogP contribution is 2.23. The fourth-order valence-electron chi connectivity index (χ4n) is 2.65. The van der Waals surface area contributed by atoms with Gasteiger partial charge in [0.1, 0.15) is 12.1 Å². The van der Waals surface area contributed by atoms with Crippen LogP contribution in [0.1, 0.15) is 19.8 Å². The Morgan fingerprint density at radius 1 is 1.29 bits per heavy atom. The summed E-state index contributed by atoms with van der Waals surface area (Å²) in [4.78, 5) is 26.4. The molecule has 0 bridgehead atoms. The average molecular weight is 334 g/mol. The molecule has 1 fully saturated rings. The van der Waals surface area contributed by atoms with Gasteiger partial charge in [0, 0.05) is 31.6 Å². The summed E-state index contributed by atoms with van der Waals surface area (Å²) in [6, 6.07) is 6.27. The number of anilines is 2. The van der Waals surface area contributed by atoms with Gasteiger partial charge in [-0.05, 0) is 38.0 Å². The molecule has 0 saturated carbocycles. The first-order valence-electron chi connectivity index (χ1n) is 8.22. The van der Waals surface area contributed by atoms with Crippen molar-refractivity contribution in [2.24, 2.45) is 5.73 Å². The lowest BCUT2D eigenvalue weighted by Gasteiger charge is -2.20. The second-order valence-corrected chi connectivity index (χ2v) is 6.03. The van der Waals surface area contributed by atoms with Gasteiger partial charge in [-0.25, -0.2) is 0 Å². The van der Waals surface area contributed by atoms with E-state index in [1.807, 2.05) is 24.3 Å². The van der Waals surface area contributed by atoms with Crippen LogP contribution in [0.4, 0.5) is 11.4 Å². The van der Waals surface area contributed by atoms with E-state index in [4.69, 9.17) is 10.5 Å². The number of carbonyl (C=O) groups excluding carboxylic acids is 2. The van der Waals surface area contributed by atoms with Crippen molar-refractivity contribution < 1.29 is 14.3 Å². The van der Waals surface area contributed by atoms with Crippen molar-refractivity contribution in [2.45, 2.75) is 31.8 Å². The molecule has 7 nitrogen and oxygen atoms in total. The molecule has 2 amide bonds. The van der Waals surface area contributed by atoms with E-state index >= 15 is 0 Å². The van der Waals surface area contributed by atoms with Gasteiger partial charge in [0.15, 0.2) is 0 Å². The van der Waals surface area contributed by atoms with Gasteiger partial charge >= 0.3 is 0 Å². The van der Waals surface area contributed by atoms with Crippen LogP contribution in [0.5, 0.6) is 0 Å². The van der Waals surface area contributed by atoms with E-state index in [1.165, 1.54) is 20.0 Å². The minimum absolute atomic E-state index is 0.109. The number of nitrogens with one attached hydrogen (secondary N) is 2. The van der Waals surface area contributed by atoms with Crippen molar-refractivity contribution in [3.8, 4) is 0 Å². The number of hydrogen-bond donors (Lipinski definition) is 3. The molecule has 1 aromatic rings. The number of methoxy groups -OCH3 is 1. The van der Waals surface area contributed by atoms with E-state index in [0.717, 1.165) is 18.8 Å². The number of nitrogens with two attached hydrogens (primary N) is 1. The molecule has 1 saturated heterocycles. The molecule has 1 aliphatic rings. The first-order valence-corrected chi connectivity index (χ1v) is 8.22. The van der Waals surface area contributed by atoms with Crippen molar-refractivity contribution in [1.82, 2.24) is 5.32 Å². The van der Waals surface area contributed by atoms with Crippen LogP contribution in [0.15, 0.2) is 24.3 Å². The molecule has 24 heavy (non-hydrogen) atoms. The molecule has 1 heterocycles. The number of rotatable bonds is 7. The molecular weight excluding hydrogens is 308 g/mol. The molecule has 0 aromatic heterocycles. The van der Waals surface area contributed by atoms with Crippen LogP contribution >= 0.6 is 0 Å². The number of benzene rings is 1. The zero-order valence-corrected chi connectivity index (χ0v) is 14.2. The third kappa shape index (κ3) is 4.94. The number of hydrogen-bond acceptors (Lipinski definition) is 5. The molecule has 4 N–H and O–H groups in total. The summed E-state index contributed by atoms with van der Waals surface area (Å²) in [6.45, 7) is 3.82. The molecule has 7 heteroatoms. The normalized spacial score (nSPS) is 16.5. The Kier molecular flexibility index (Phi) is 6.57. The topological polar surface area (TPSA) is 96.7 Å². The summed E-state index contributed by atoms with van der Waals surface area (Å²) in [7, 11) is 1.47. The van der Waals surface area contributed by atoms with Crippen molar-refractivity contribution >= 4 is 23.2 Å². The summed E-state index contributed by atoms with van der Waals surface area (Å²) < 4.78 is 4.83. The molecule has 2 atom stereocenters. The molecule has 2 unspecified atom stereocenters. The maximum Gasteiger partial charge on any atom is 0.246 e. The zero-order chi connectivity index (χ0) is 17.5. The summed E-state index contributed by atoms with van der Waals surface area (Å²) in [5.41, 5.74) is 7.46. The average Bonchev–Trinajstić information content (AvgIpc) is 3.09. The maximum absolute atomic E-state index is 12.2. The van der Waals surface area contributed by atoms with Gasteiger partial charge in [-0.1, -0.05) is 6.07 Å². The SMILES string of the molecule is COCC(N)C(=O)NC(C)C(=O)Nc1cccc(N2CCCC2)c1. The van der Waals surface area contributed by atoms with Crippen molar-refractivity contribution in [3.05, 3.63) is 24.3 Å². The van der Waals surface area contributed by atoms with E-state index in [-0.39, 0.29) is 12.5 Å². The Bertz CT molecular complexity index is 573. The predicted molar refractivity (Wildman–Crippen MR) is 94.0 cm³/mol. The fraction of sp³-hybridized carbons (Fsp3) is 0.529. The van der Waals surface area contributed by atoms with Crippen LogP contribution in [0.3, 0.4) is 0 Å². The van der Waals surface area contributed by atoms with E-state index < -0.39 is 18.0 Å². The second kappa shape index (κ2) is 8.65. The number of carbonyl (C=O) groups is 2. The Labute approximate surface area is 142 Å². The Hall–Kier alpha value is -2.12. The molecule has 0 aliphatic carbocycles. The quantitative estimate of drug-likeness (QED) is 0.682. The van der Waals surface area contributed by atoms with Crippen molar-refractivity contribution in [2.75, 3.05) is 37.0 Å². The molecular formula is C17H26N4O3. The first-order chi connectivity index (χ1) is 11.5. The van der Waals surface area contributed by atoms with E-state index in [0.29, 0.717) is 5.69 Å². The predicted octanol–water partition coefficient (Wildman–Crippen LogP) is 0.704. The Balaban J connectivity index is 1.91. The maximum atomic E-state index is 12.2. The highest BCUT2D eigenvalue weighted by Gasteiger charge is 2.20. The third-order valence-corrected chi connectivity index (χ3v) is 4.02. The number of amides is 2. The smallest absolute Gasteiger partial charge is 0.246 e. The van der Waals surface area contributed by atoms with Crippen LogP contribution in [0.2, 0.25) is 0 Å². The van der Waals surface area contributed by atoms with Crippen LogP contribution in [0.25, 0.3) is 0 Å². The van der Waals surface area contributed by atoms with E-state index in [1.54, 1.807) is 6.92 Å². The van der Waals surface area contributed by atoms with Crippen LogP contribution in [-0.4, -0.2) is 50.7 Å². The van der Waals surface area contributed by atoms with E-state index in [2.05, 4.69) is 15.5 Å². The summed E-state index contributed by atoms with van der Waals surface area (Å²) in [5, 5.41) is 5.42.